The van der Waals surface area contributed by atoms with Gasteiger partial charge in [0.15, 0.2) is 5.82 Å². The molecular formula is C15H16N4. The first kappa shape index (κ1) is 11.8. The van der Waals surface area contributed by atoms with Crippen molar-refractivity contribution in [2.24, 2.45) is 0 Å². The third kappa shape index (κ3) is 1.80. The van der Waals surface area contributed by atoms with Crippen LogP contribution in [-0.2, 0) is 6.42 Å². The molecule has 0 radical (unpaired) electrons. The lowest BCUT2D eigenvalue weighted by molar-refractivity contribution is 0.809. The van der Waals surface area contributed by atoms with E-state index in [9.17, 15) is 0 Å². The smallest absolute Gasteiger partial charge is 0.164 e. The second-order valence-corrected chi connectivity index (χ2v) is 4.63. The van der Waals surface area contributed by atoms with Gasteiger partial charge in [-0.2, -0.15) is 5.10 Å². The number of benzene rings is 1. The lowest BCUT2D eigenvalue weighted by atomic mass is 10.1. The zero-order valence-electron chi connectivity index (χ0n) is 11.4. The van der Waals surface area contributed by atoms with E-state index < -0.39 is 0 Å². The Hall–Kier alpha value is -2.23. The van der Waals surface area contributed by atoms with Crippen molar-refractivity contribution in [3.05, 3.63) is 47.5 Å². The maximum Gasteiger partial charge on any atom is 0.164 e. The van der Waals surface area contributed by atoms with E-state index in [4.69, 9.17) is 0 Å². The minimum atomic E-state index is 0.853. The average Bonchev–Trinajstić information content (AvgIpc) is 2.72. The van der Waals surface area contributed by atoms with Gasteiger partial charge in [0.05, 0.1) is 11.2 Å². The van der Waals surface area contributed by atoms with Crippen LogP contribution in [-0.4, -0.2) is 19.7 Å². The van der Waals surface area contributed by atoms with Gasteiger partial charge in [0.2, 0.25) is 0 Å². The topological polar surface area (TPSA) is 43.6 Å². The summed E-state index contributed by atoms with van der Waals surface area (Å²) >= 11 is 0. The number of aromatic nitrogens is 4. The zero-order chi connectivity index (χ0) is 13.4. The molecule has 3 rings (SSSR count). The van der Waals surface area contributed by atoms with E-state index in [2.05, 4.69) is 28.9 Å². The van der Waals surface area contributed by atoms with Crippen LogP contribution in [0.1, 0.15) is 23.9 Å². The Labute approximate surface area is 112 Å². The summed E-state index contributed by atoms with van der Waals surface area (Å²) in [7, 11) is 0. The van der Waals surface area contributed by atoms with Crippen LogP contribution >= 0.6 is 0 Å². The van der Waals surface area contributed by atoms with Crippen LogP contribution in [0, 0.1) is 13.8 Å². The zero-order valence-corrected chi connectivity index (χ0v) is 11.4. The first-order chi connectivity index (χ1) is 9.22. The predicted octanol–water partition coefficient (Wildman–Crippen LogP) is 2.99. The fraction of sp³-hybridized carbons (Fsp3) is 0.267. The molecule has 0 N–H and O–H groups in total. The minimum Gasteiger partial charge on any atom is -0.236 e. The molecule has 19 heavy (non-hydrogen) atoms. The lowest BCUT2D eigenvalue weighted by Gasteiger charge is -2.07. The van der Waals surface area contributed by atoms with Gasteiger partial charge < -0.3 is 0 Å². The molecule has 0 fully saturated rings. The highest BCUT2D eigenvalue weighted by Gasteiger charge is 2.14. The fourth-order valence-corrected chi connectivity index (χ4v) is 2.55. The van der Waals surface area contributed by atoms with Gasteiger partial charge in [0, 0.05) is 11.1 Å². The number of aryl methyl sites for hydroxylation is 1. The average molecular weight is 252 g/mol. The Morgan fingerprint density at radius 1 is 1.11 bits per heavy atom. The van der Waals surface area contributed by atoms with E-state index >= 15 is 0 Å². The molecule has 2 aromatic heterocycles. The first-order valence-corrected chi connectivity index (χ1v) is 6.47. The fourth-order valence-electron chi connectivity index (χ4n) is 2.55. The van der Waals surface area contributed by atoms with Gasteiger partial charge >= 0.3 is 0 Å². The third-order valence-electron chi connectivity index (χ3n) is 3.52. The number of hydrogen-bond acceptors (Lipinski definition) is 3. The van der Waals surface area contributed by atoms with E-state index in [1.165, 1.54) is 5.56 Å². The first-order valence-electron chi connectivity index (χ1n) is 6.47. The van der Waals surface area contributed by atoms with Gasteiger partial charge in [-0.25, -0.2) is 14.6 Å². The van der Waals surface area contributed by atoms with E-state index in [0.29, 0.717) is 0 Å². The van der Waals surface area contributed by atoms with Crippen molar-refractivity contribution in [3.63, 3.8) is 0 Å². The van der Waals surface area contributed by atoms with Crippen LogP contribution in [0.4, 0.5) is 0 Å². The molecule has 0 aliphatic rings. The highest BCUT2D eigenvalue weighted by atomic mass is 15.3. The molecular weight excluding hydrogens is 236 g/mol. The Morgan fingerprint density at radius 2 is 1.89 bits per heavy atom. The molecule has 0 unspecified atom stereocenters. The van der Waals surface area contributed by atoms with Crippen molar-refractivity contribution >= 4 is 10.9 Å². The van der Waals surface area contributed by atoms with E-state index in [-0.39, 0.29) is 0 Å². The van der Waals surface area contributed by atoms with E-state index in [0.717, 1.165) is 34.5 Å². The van der Waals surface area contributed by atoms with Gasteiger partial charge in [-0.05, 0) is 38.0 Å². The molecule has 0 atom stereocenters. The molecule has 3 aromatic rings. The molecule has 0 saturated heterocycles. The normalized spacial score (nSPS) is 11.1. The van der Waals surface area contributed by atoms with Gasteiger partial charge in [0.1, 0.15) is 6.33 Å². The maximum absolute atomic E-state index is 4.63. The number of nitrogens with zero attached hydrogens (tertiary/aromatic N) is 4. The molecule has 4 heteroatoms. The highest BCUT2D eigenvalue weighted by Crippen LogP contribution is 2.22. The summed E-state index contributed by atoms with van der Waals surface area (Å²) < 4.78 is 1.93. The monoisotopic (exact) mass is 252 g/mol. The predicted molar refractivity (Wildman–Crippen MR) is 75.5 cm³/mol. The van der Waals surface area contributed by atoms with Crippen molar-refractivity contribution in [2.75, 3.05) is 0 Å². The summed E-state index contributed by atoms with van der Waals surface area (Å²) in [6.07, 6.45) is 2.58. The second kappa shape index (κ2) is 4.46. The summed E-state index contributed by atoms with van der Waals surface area (Å²) in [5.74, 6) is 0.853. The second-order valence-electron chi connectivity index (χ2n) is 4.63. The molecule has 0 aliphatic heterocycles. The Morgan fingerprint density at radius 3 is 2.63 bits per heavy atom. The molecule has 0 amide bonds. The van der Waals surface area contributed by atoms with Crippen LogP contribution in [0.3, 0.4) is 0 Å². The highest BCUT2D eigenvalue weighted by molar-refractivity contribution is 5.84. The summed E-state index contributed by atoms with van der Waals surface area (Å²) in [4.78, 5) is 8.71. The van der Waals surface area contributed by atoms with Crippen molar-refractivity contribution in [3.8, 4) is 5.82 Å². The Bertz CT molecular complexity index is 738. The number of rotatable bonds is 2. The molecule has 0 bridgehead atoms. The third-order valence-corrected chi connectivity index (χ3v) is 3.52. The molecule has 0 aliphatic carbocycles. The molecule has 96 valence electrons. The largest absolute Gasteiger partial charge is 0.236 e. The standard InChI is InChI=1S/C15H16N4/c1-4-12-10(2)18-19(11(12)3)15-13-7-5-6-8-14(13)16-9-17-15/h5-9H,4H2,1-3H3. The quantitative estimate of drug-likeness (QED) is 0.704. The van der Waals surface area contributed by atoms with Crippen LogP contribution < -0.4 is 0 Å². The molecule has 0 saturated carbocycles. The molecule has 4 nitrogen and oxygen atoms in total. The van der Waals surface area contributed by atoms with Crippen LogP contribution in [0.15, 0.2) is 30.6 Å². The van der Waals surface area contributed by atoms with E-state index in [1.54, 1.807) is 6.33 Å². The summed E-state index contributed by atoms with van der Waals surface area (Å²) in [5.41, 5.74) is 4.47. The Balaban J connectivity index is 2.31. The van der Waals surface area contributed by atoms with Gasteiger partial charge in [0.25, 0.3) is 0 Å². The van der Waals surface area contributed by atoms with Crippen molar-refractivity contribution in [1.29, 1.82) is 0 Å². The van der Waals surface area contributed by atoms with Gasteiger partial charge in [-0.1, -0.05) is 19.1 Å². The summed E-state index contributed by atoms with van der Waals surface area (Å²) in [6, 6.07) is 8.01. The maximum atomic E-state index is 4.63. The van der Waals surface area contributed by atoms with Gasteiger partial charge in [-0.3, -0.25) is 0 Å². The van der Waals surface area contributed by atoms with Crippen molar-refractivity contribution in [2.45, 2.75) is 27.2 Å². The van der Waals surface area contributed by atoms with Crippen LogP contribution in [0.25, 0.3) is 16.7 Å². The van der Waals surface area contributed by atoms with Crippen molar-refractivity contribution < 1.29 is 0 Å². The van der Waals surface area contributed by atoms with Crippen molar-refractivity contribution in [1.82, 2.24) is 19.7 Å². The molecule has 2 heterocycles. The lowest BCUT2D eigenvalue weighted by Crippen LogP contribution is -2.03. The van der Waals surface area contributed by atoms with Crippen LogP contribution in [0.2, 0.25) is 0 Å². The SMILES string of the molecule is CCc1c(C)nn(-c2ncnc3ccccc23)c1C. The number of hydrogen-bond donors (Lipinski definition) is 0. The Kier molecular flexibility index (Phi) is 2.78. The summed E-state index contributed by atoms with van der Waals surface area (Å²) in [5, 5.41) is 5.65. The number of fused-ring (bicyclic) bond motifs is 1. The van der Waals surface area contributed by atoms with Gasteiger partial charge in [-0.15, -0.1) is 0 Å². The minimum absolute atomic E-state index is 0.853. The number of para-hydroxylation sites is 1. The van der Waals surface area contributed by atoms with E-state index in [1.807, 2.05) is 35.9 Å². The van der Waals surface area contributed by atoms with Crippen LogP contribution in [0.5, 0.6) is 0 Å². The molecule has 0 spiro atoms. The molecule has 1 aromatic carbocycles. The summed E-state index contributed by atoms with van der Waals surface area (Å²) in [6.45, 7) is 6.29.